The predicted molar refractivity (Wildman–Crippen MR) is 109 cm³/mol. The van der Waals surface area contributed by atoms with Gasteiger partial charge in [-0.25, -0.2) is 0 Å². The third kappa shape index (κ3) is 6.40. The molecule has 1 aromatic carbocycles. The number of amides is 2. The van der Waals surface area contributed by atoms with Gasteiger partial charge in [0.15, 0.2) is 6.61 Å². The number of nitrogens with one attached hydrogen (secondary N) is 1. The summed E-state index contributed by atoms with van der Waals surface area (Å²) in [6.45, 7) is 4.69. The Morgan fingerprint density at radius 1 is 1.13 bits per heavy atom. The largest absolute Gasteiger partial charge is 0.484 e. The Morgan fingerprint density at radius 3 is 2.50 bits per heavy atom. The van der Waals surface area contributed by atoms with Crippen LogP contribution in [-0.2, 0) is 20.9 Å². The second-order valence-electron chi connectivity index (χ2n) is 7.79. The van der Waals surface area contributed by atoms with Gasteiger partial charge in [-0.3, -0.25) is 9.59 Å². The van der Waals surface area contributed by atoms with Crippen molar-refractivity contribution >= 4 is 11.8 Å². The number of morpholine rings is 1. The average Bonchev–Trinajstić information content (AvgIpc) is 2.89. The van der Waals surface area contributed by atoms with Crippen molar-refractivity contribution < 1.29 is 29.3 Å². The number of aliphatic hydroxyl groups excluding tert-OH is 2. The number of ether oxygens (including phenoxy) is 2. The Bertz CT molecular complexity index is 707. The monoisotopic (exact) mass is 421 g/mol. The van der Waals surface area contributed by atoms with Crippen molar-refractivity contribution in [2.24, 2.45) is 0 Å². The molecule has 3 N–H and O–H groups in total. The maximum absolute atomic E-state index is 12.1. The summed E-state index contributed by atoms with van der Waals surface area (Å²) >= 11 is 0. The molecule has 0 radical (unpaired) electrons. The molecule has 0 spiro atoms. The molecule has 1 aromatic rings. The van der Waals surface area contributed by atoms with Crippen LogP contribution in [0.25, 0.3) is 0 Å². The molecule has 30 heavy (non-hydrogen) atoms. The van der Waals surface area contributed by atoms with E-state index in [1.165, 1.54) is 11.8 Å². The van der Waals surface area contributed by atoms with E-state index in [1.807, 2.05) is 12.1 Å². The highest BCUT2D eigenvalue weighted by Gasteiger charge is 2.30. The van der Waals surface area contributed by atoms with Crippen molar-refractivity contribution in [1.29, 1.82) is 0 Å². The van der Waals surface area contributed by atoms with Gasteiger partial charge in [0.1, 0.15) is 5.75 Å². The van der Waals surface area contributed by atoms with Gasteiger partial charge in [-0.2, -0.15) is 0 Å². The van der Waals surface area contributed by atoms with E-state index in [2.05, 4.69) is 5.32 Å². The van der Waals surface area contributed by atoms with Crippen LogP contribution in [0.5, 0.6) is 5.75 Å². The van der Waals surface area contributed by atoms with E-state index in [1.54, 1.807) is 17.0 Å². The third-order valence-electron chi connectivity index (χ3n) is 5.49. The fraction of sp³-hybridized carbons (Fsp3) is 0.619. The van der Waals surface area contributed by atoms with Gasteiger partial charge in [-0.05, 0) is 24.1 Å². The SMILES string of the molecule is CC(=O)N1C[C@H](O)C[C@@H](NCc2ccc(OCC(=O)N3CCOCC3)cc2)[C@H](O)C1. The van der Waals surface area contributed by atoms with Crippen LogP contribution in [0.3, 0.4) is 0 Å². The molecular weight excluding hydrogens is 390 g/mol. The van der Waals surface area contributed by atoms with Crippen LogP contribution >= 0.6 is 0 Å². The van der Waals surface area contributed by atoms with E-state index in [9.17, 15) is 19.8 Å². The number of hydrogen-bond donors (Lipinski definition) is 3. The van der Waals surface area contributed by atoms with E-state index in [0.717, 1.165) is 5.56 Å². The Labute approximate surface area is 176 Å². The molecule has 0 unspecified atom stereocenters. The minimum absolute atomic E-state index is 0.00357. The maximum atomic E-state index is 12.1. The van der Waals surface area contributed by atoms with Crippen LogP contribution in [-0.4, -0.2) is 96.1 Å². The highest BCUT2D eigenvalue weighted by atomic mass is 16.5. The van der Waals surface area contributed by atoms with Gasteiger partial charge in [0.25, 0.3) is 5.91 Å². The second-order valence-corrected chi connectivity index (χ2v) is 7.79. The molecule has 2 heterocycles. The van der Waals surface area contributed by atoms with Crippen LogP contribution in [0.1, 0.15) is 18.9 Å². The maximum Gasteiger partial charge on any atom is 0.260 e. The van der Waals surface area contributed by atoms with Gasteiger partial charge in [-0.15, -0.1) is 0 Å². The van der Waals surface area contributed by atoms with Crippen LogP contribution in [0.15, 0.2) is 24.3 Å². The first kappa shape index (κ1) is 22.5. The highest BCUT2D eigenvalue weighted by molar-refractivity contribution is 5.77. The average molecular weight is 421 g/mol. The van der Waals surface area contributed by atoms with E-state index < -0.39 is 12.2 Å². The first-order valence-corrected chi connectivity index (χ1v) is 10.3. The molecule has 0 saturated carbocycles. The molecule has 2 amide bonds. The Hall–Kier alpha value is -2.20. The van der Waals surface area contributed by atoms with Crippen LogP contribution in [0.2, 0.25) is 0 Å². The molecule has 3 atom stereocenters. The Morgan fingerprint density at radius 2 is 1.83 bits per heavy atom. The lowest BCUT2D eigenvalue weighted by Gasteiger charge is -2.26. The van der Waals surface area contributed by atoms with Gasteiger partial charge in [-0.1, -0.05) is 12.1 Å². The van der Waals surface area contributed by atoms with Crippen molar-refractivity contribution in [3.63, 3.8) is 0 Å². The zero-order valence-electron chi connectivity index (χ0n) is 17.3. The summed E-state index contributed by atoms with van der Waals surface area (Å²) in [5, 5.41) is 23.8. The molecular formula is C21H31N3O6. The molecule has 3 rings (SSSR count). The van der Waals surface area contributed by atoms with Gasteiger partial charge in [0.2, 0.25) is 5.91 Å². The fourth-order valence-electron chi connectivity index (χ4n) is 3.68. The minimum atomic E-state index is -0.750. The molecule has 2 saturated heterocycles. The number of carbonyl (C=O) groups excluding carboxylic acids is 2. The summed E-state index contributed by atoms with van der Waals surface area (Å²) in [4.78, 5) is 26.9. The van der Waals surface area contributed by atoms with Crippen molar-refractivity contribution in [3.8, 4) is 5.75 Å². The van der Waals surface area contributed by atoms with Crippen molar-refractivity contribution in [2.45, 2.75) is 38.1 Å². The smallest absolute Gasteiger partial charge is 0.260 e. The lowest BCUT2D eigenvalue weighted by Crippen LogP contribution is -2.44. The second kappa shape index (κ2) is 10.7. The van der Waals surface area contributed by atoms with Gasteiger partial charge in [0, 0.05) is 45.7 Å². The zero-order chi connectivity index (χ0) is 21.5. The van der Waals surface area contributed by atoms with Crippen molar-refractivity contribution in [3.05, 3.63) is 29.8 Å². The number of rotatable bonds is 6. The predicted octanol–water partition coefficient (Wildman–Crippen LogP) is -0.644. The Balaban J connectivity index is 1.46. The lowest BCUT2D eigenvalue weighted by molar-refractivity contribution is -0.137. The molecule has 2 aliphatic rings. The quantitative estimate of drug-likeness (QED) is 0.560. The van der Waals surface area contributed by atoms with Crippen molar-refractivity contribution in [1.82, 2.24) is 15.1 Å². The van der Waals surface area contributed by atoms with Gasteiger partial charge < -0.3 is 34.8 Å². The number of aliphatic hydroxyl groups is 2. The first-order chi connectivity index (χ1) is 14.4. The summed E-state index contributed by atoms with van der Waals surface area (Å²) in [6, 6.07) is 7.08. The van der Waals surface area contributed by atoms with Crippen LogP contribution < -0.4 is 10.1 Å². The first-order valence-electron chi connectivity index (χ1n) is 10.3. The number of carbonyl (C=O) groups is 2. The van der Waals surface area contributed by atoms with Gasteiger partial charge >= 0.3 is 0 Å². The van der Waals surface area contributed by atoms with Gasteiger partial charge in [0.05, 0.1) is 25.4 Å². The molecule has 9 heteroatoms. The molecule has 9 nitrogen and oxygen atoms in total. The van der Waals surface area contributed by atoms with E-state index >= 15 is 0 Å². The molecule has 2 fully saturated rings. The number of benzene rings is 1. The summed E-state index contributed by atoms with van der Waals surface area (Å²) in [5.41, 5.74) is 0.983. The Kier molecular flexibility index (Phi) is 8.03. The molecule has 0 bridgehead atoms. The number of β-amino-alcohol motifs (C(OH)–C–C–N with tert-alkyl or cyclic N) is 2. The van der Waals surface area contributed by atoms with Crippen LogP contribution in [0, 0.1) is 0 Å². The third-order valence-corrected chi connectivity index (χ3v) is 5.49. The van der Waals surface area contributed by atoms with Crippen molar-refractivity contribution in [2.75, 3.05) is 46.0 Å². The summed E-state index contributed by atoms with van der Waals surface area (Å²) in [5.74, 6) is 0.406. The summed E-state index contributed by atoms with van der Waals surface area (Å²) in [6.07, 6.45) is -1.06. The number of likely N-dealkylation sites (tertiary alicyclic amines) is 1. The van der Waals surface area contributed by atoms with E-state index in [0.29, 0.717) is 45.0 Å². The van der Waals surface area contributed by atoms with Crippen LogP contribution in [0.4, 0.5) is 0 Å². The highest BCUT2D eigenvalue weighted by Crippen LogP contribution is 2.16. The molecule has 0 aromatic heterocycles. The summed E-state index contributed by atoms with van der Waals surface area (Å²) in [7, 11) is 0. The lowest BCUT2D eigenvalue weighted by atomic mass is 10.0. The van der Waals surface area contributed by atoms with E-state index in [-0.39, 0.29) is 37.6 Å². The van der Waals surface area contributed by atoms with E-state index in [4.69, 9.17) is 9.47 Å². The molecule has 2 aliphatic heterocycles. The number of hydrogen-bond acceptors (Lipinski definition) is 7. The summed E-state index contributed by atoms with van der Waals surface area (Å²) < 4.78 is 10.8. The molecule has 166 valence electrons. The normalized spacial score (nSPS) is 25.0. The number of nitrogens with zero attached hydrogens (tertiary/aromatic N) is 2. The zero-order valence-corrected chi connectivity index (χ0v) is 17.3. The minimum Gasteiger partial charge on any atom is -0.484 e. The molecule has 0 aliphatic carbocycles. The standard InChI is InChI=1S/C21H31N3O6/c1-15(25)24-12-17(26)10-19(20(27)13-24)22-11-16-2-4-18(5-3-16)30-14-21(28)23-6-8-29-9-7-23/h2-5,17,19-20,22,26-27H,6-14H2,1H3/t17-,19-,20-/m1/s1. The topological polar surface area (TPSA) is 112 Å². The fourth-order valence-corrected chi connectivity index (χ4v) is 3.68.